The summed E-state index contributed by atoms with van der Waals surface area (Å²) in [4.78, 5) is 33.4. The number of carbonyl (C=O) groups excluding carboxylic acids is 2. The number of ketones is 1. The third-order valence-electron chi connectivity index (χ3n) is 8.48. The number of benzene rings is 3. The molecule has 1 aliphatic carbocycles. The number of aromatic amines is 1. The fraction of sp³-hybridized carbons (Fsp3) is 0.257. The molecule has 2 heterocycles. The van der Waals surface area contributed by atoms with Crippen LogP contribution >= 0.6 is 0 Å². The van der Waals surface area contributed by atoms with E-state index in [0.717, 1.165) is 18.9 Å². The molecule has 6 rings (SSSR count). The van der Waals surface area contributed by atoms with Crippen LogP contribution in [0.25, 0.3) is 33.1 Å². The Morgan fingerprint density at radius 2 is 1.91 bits per heavy atom. The van der Waals surface area contributed by atoms with E-state index in [4.69, 9.17) is 0 Å². The number of halogens is 3. The van der Waals surface area contributed by atoms with Crippen LogP contribution in [0.3, 0.4) is 0 Å². The lowest BCUT2D eigenvalue weighted by Crippen LogP contribution is -2.31. The molecular formula is C35H31F3N6O2. The second-order valence-electron chi connectivity index (χ2n) is 11.5. The van der Waals surface area contributed by atoms with Crippen molar-refractivity contribution < 1.29 is 22.8 Å². The Balaban J connectivity index is 1.25. The number of aryl methyl sites for hydroxylation is 1. The van der Waals surface area contributed by atoms with Gasteiger partial charge in [-0.2, -0.15) is 18.4 Å². The smallest absolute Gasteiger partial charge is 0.360 e. The SMILES string of the molecule is Cn1cnc2cc(-c3cccc4c(C(=O)c5ccc(NC(=O)/C=C/CNC6CCCCC6)c(C#N)c5)c[nH]c34)c(C(F)(F)F)cc21. The van der Waals surface area contributed by atoms with Gasteiger partial charge in [-0.3, -0.25) is 9.59 Å². The van der Waals surface area contributed by atoms with Gasteiger partial charge < -0.3 is 20.2 Å². The van der Waals surface area contributed by atoms with Crippen molar-refractivity contribution >= 4 is 39.3 Å². The van der Waals surface area contributed by atoms with Crippen molar-refractivity contribution in [1.82, 2.24) is 19.9 Å². The van der Waals surface area contributed by atoms with Crippen molar-refractivity contribution in [3.63, 3.8) is 0 Å². The van der Waals surface area contributed by atoms with Crippen LogP contribution in [0.15, 0.2) is 73.2 Å². The molecule has 2 aromatic heterocycles. The molecule has 0 spiro atoms. The van der Waals surface area contributed by atoms with E-state index in [1.54, 1.807) is 31.3 Å². The molecule has 1 aliphatic rings. The van der Waals surface area contributed by atoms with Crippen LogP contribution in [0.4, 0.5) is 18.9 Å². The number of fused-ring (bicyclic) bond motifs is 2. The number of aromatic nitrogens is 3. The van der Waals surface area contributed by atoms with Crippen LogP contribution in [-0.2, 0) is 18.0 Å². The number of hydrogen-bond donors (Lipinski definition) is 3. The number of nitriles is 1. The van der Waals surface area contributed by atoms with Gasteiger partial charge in [0.2, 0.25) is 5.91 Å². The number of H-pyrrole nitrogens is 1. The fourth-order valence-electron chi connectivity index (χ4n) is 6.12. The molecule has 3 aromatic carbocycles. The number of para-hydroxylation sites is 1. The normalized spacial score (nSPS) is 14.2. The molecule has 1 amide bonds. The highest BCUT2D eigenvalue weighted by Crippen LogP contribution is 2.41. The van der Waals surface area contributed by atoms with Gasteiger partial charge in [0, 0.05) is 54.0 Å². The van der Waals surface area contributed by atoms with Crippen molar-refractivity contribution in [2.45, 2.75) is 44.3 Å². The van der Waals surface area contributed by atoms with Crippen LogP contribution < -0.4 is 10.6 Å². The molecule has 0 atom stereocenters. The Morgan fingerprint density at radius 3 is 2.67 bits per heavy atom. The average molecular weight is 625 g/mol. The molecule has 11 heteroatoms. The summed E-state index contributed by atoms with van der Waals surface area (Å²) in [6, 6.07) is 14.2. The molecule has 0 radical (unpaired) electrons. The van der Waals surface area contributed by atoms with Crippen LogP contribution in [0.5, 0.6) is 0 Å². The van der Waals surface area contributed by atoms with Gasteiger partial charge in [0.1, 0.15) is 6.07 Å². The Hall–Kier alpha value is -5.21. The van der Waals surface area contributed by atoms with Crippen molar-refractivity contribution in [3.8, 4) is 17.2 Å². The molecule has 1 fully saturated rings. The number of alkyl halides is 3. The van der Waals surface area contributed by atoms with Gasteiger partial charge in [0.25, 0.3) is 0 Å². The van der Waals surface area contributed by atoms with Crippen LogP contribution in [0.2, 0.25) is 0 Å². The molecule has 234 valence electrons. The second kappa shape index (κ2) is 12.7. The Labute approximate surface area is 262 Å². The number of amides is 1. The van der Waals surface area contributed by atoms with Crippen LogP contribution in [0, 0.1) is 11.3 Å². The minimum absolute atomic E-state index is 0.0594. The number of rotatable bonds is 8. The minimum Gasteiger partial charge on any atom is -0.360 e. The van der Waals surface area contributed by atoms with Gasteiger partial charge >= 0.3 is 6.18 Å². The zero-order chi connectivity index (χ0) is 32.4. The highest BCUT2D eigenvalue weighted by molar-refractivity contribution is 6.18. The number of carbonyl (C=O) groups is 2. The minimum atomic E-state index is -4.63. The van der Waals surface area contributed by atoms with Crippen molar-refractivity contribution in [1.29, 1.82) is 5.26 Å². The molecule has 1 saturated carbocycles. The highest BCUT2D eigenvalue weighted by Gasteiger charge is 2.35. The van der Waals surface area contributed by atoms with Crippen LogP contribution in [-0.4, -0.2) is 38.8 Å². The number of hydrogen-bond acceptors (Lipinski definition) is 5. The van der Waals surface area contributed by atoms with E-state index in [2.05, 4.69) is 20.6 Å². The zero-order valence-electron chi connectivity index (χ0n) is 25.0. The summed E-state index contributed by atoms with van der Waals surface area (Å²) in [7, 11) is 1.63. The lowest BCUT2D eigenvalue weighted by atomic mass is 9.94. The predicted molar refractivity (Wildman–Crippen MR) is 170 cm³/mol. The Bertz CT molecular complexity index is 2030. The summed E-state index contributed by atoms with van der Waals surface area (Å²) in [5.41, 5.74) is 1.31. The van der Waals surface area contributed by atoms with Gasteiger partial charge in [-0.1, -0.05) is 43.5 Å². The summed E-state index contributed by atoms with van der Waals surface area (Å²) < 4.78 is 44.2. The highest BCUT2D eigenvalue weighted by atomic mass is 19.4. The van der Waals surface area contributed by atoms with Gasteiger partial charge in [-0.15, -0.1) is 0 Å². The molecule has 8 nitrogen and oxygen atoms in total. The van der Waals surface area contributed by atoms with E-state index >= 15 is 0 Å². The Kier molecular flexibility index (Phi) is 8.47. The van der Waals surface area contributed by atoms with Gasteiger partial charge in [0.15, 0.2) is 5.78 Å². The van der Waals surface area contributed by atoms with Crippen molar-refractivity contribution in [2.24, 2.45) is 7.05 Å². The van der Waals surface area contributed by atoms with Crippen molar-refractivity contribution in [2.75, 3.05) is 11.9 Å². The molecule has 0 saturated heterocycles. The lowest BCUT2D eigenvalue weighted by molar-refractivity contribution is -0.137. The van der Waals surface area contributed by atoms with E-state index < -0.39 is 23.4 Å². The lowest BCUT2D eigenvalue weighted by Gasteiger charge is -2.21. The zero-order valence-corrected chi connectivity index (χ0v) is 25.0. The molecule has 0 unspecified atom stereocenters. The molecule has 3 N–H and O–H groups in total. The first kappa shape index (κ1) is 30.8. The molecular weight excluding hydrogens is 593 g/mol. The summed E-state index contributed by atoms with van der Waals surface area (Å²) in [6.45, 7) is 0.568. The quantitative estimate of drug-likeness (QED) is 0.124. The van der Waals surface area contributed by atoms with E-state index in [0.29, 0.717) is 34.5 Å². The van der Waals surface area contributed by atoms with E-state index in [1.807, 2.05) is 6.07 Å². The summed E-state index contributed by atoms with van der Waals surface area (Å²) in [6.07, 6.45) is 7.40. The monoisotopic (exact) mass is 624 g/mol. The second-order valence-corrected chi connectivity index (χ2v) is 11.5. The first-order chi connectivity index (χ1) is 22.1. The number of anilines is 1. The summed E-state index contributed by atoms with van der Waals surface area (Å²) >= 11 is 0. The molecule has 0 aliphatic heterocycles. The standard InChI is InChI=1S/C35H31F3N6O2/c1-44-20-42-30-16-26(28(17-31(30)44)35(36,37)38)24-9-5-10-25-27(19-41-33(24)25)34(46)21-12-13-29(22(15-21)18-39)43-32(45)11-6-14-40-23-7-3-2-4-8-23/h5-6,9-13,15-17,19-20,23,40-41H,2-4,7-8,14H2,1H3,(H,43,45)/b11-6+. The molecule has 5 aromatic rings. The molecule has 46 heavy (non-hydrogen) atoms. The third kappa shape index (κ3) is 6.17. The Morgan fingerprint density at radius 1 is 1.11 bits per heavy atom. The maximum Gasteiger partial charge on any atom is 0.417 e. The van der Waals surface area contributed by atoms with Crippen molar-refractivity contribution in [3.05, 3.63) is 95.5 Å². The van der Waals surface area contributed by atoms with E-state index in [1.165, 1.54) is 66.7 Å². The molecule has 0 bridgehead atoms. The first-order valence-corrected chi connectivity index (χ1v) is 15.1. The van der Waals surface area contributed by atoms with Gasteiger partial charge in [-0.05, 0) is 48.7 Å². The number of imidazole rings is 1. The van der Waals surface area contributed by atoms with Crippen LogP contribution in [0.1, 0.15) is 59.2 Å². The fourth-order valence-corrected chi connectivity index (χ4v) is 6.12. The summed E-state index contributed by atoms with van der Waals surface area (Å²) in [5, 5.41) is 16.3. The van der Waals surface area contributed by atoms with Gasteiger partial charge in [-0.25, -0.2) is 4.98 Å². The predicted octanol–water partition coefficient (Wildman–Crippen LogP) is 7.26. The maximum absolute atomic E-state index is 14.2. The number of nitrogens with zero attached hydrogens (tertiary/aromatic N) is 3. The number of nitrogens with one attached hydrogen (secondary N) is 3. The maximum atomic E-state index is 14.2. The topological polar surface area (TPSA) is 116 Å². The summed E-state index contributed by atoms with van der Waals surface area (Å²) in [5.74, 6) is -0.824. The van der Waals surface area contributed by atoms with Gasteiger partial charge in [0.05, 0.1) is 39.7 Å². The van der Waals surface area contributed by atoms with E-state index in [-0.39, 0.29) is 33.5 Å². The largest absolute Gasteiger partial charge is 0.417 e. The third-order valence-corrected chi connectivity index (χ3v) is 8.48. The average Bonchev–Trinajstić information content (AvgIpc) is 3.65. The van der Waals surface area contributed by atoms with E-state index in [9.17, 15) is 28.0 Å². The first-order valence-electron chi connectivity index (χ1n) is 15.1.